The van der Waals surface area contributed by atoms with Crippen LogP contribution in [-0.2, 0) is 0 Å². The summed E-state index contributed by atoms with van der Waals surface area (Å²) in [6.07, 6.45) is 5.84. The first-order valence-corrected chi connectivity index (χ1v) is 7.80. The van der Waals surface area contributed by atoms with Gasteiger partial charge < -0.3 is 5.32 Å². The minimum atomic E-state index is 0.508. The molecule has 0 heterocycles. The number of anilines is 1. The van der Waals surface area contributed by atoms with Crippen molar-refractivity contribution in [2.24, 2.45) is 0 Å². The molecule has 2 atom stereocenters. The molecule has 0 aromatic heterocycles. The van der Waals surface area contributed by atoms with Crippen molar-refractivity contribution in [3.8, 4) is 6.07 Å². The van der Waals surface area contributed by atoms with Crippen molar-refractivity contribution < 1.29 is 0 Å². The topological polar surface area (TPSA) is 35.8 Å². The Hall–Kier alpha value is -0.660. The second-order valence-electron chi connectivity index (χ2n) is 4.29. The van der Waals surface area contributed by atoms with Crippen LogP contribution in [0.25, 0.3) is 0 Å². The summed E-state index contributed by atoms with van der Waals surface area (Å²) in [7, 11) is 0. The fourth-order valence-electron chi connectivity index (χ4n) is 2.26. The van der Waals surface area contributed by atoms with E-state index in [1.54, 1.807) is 0 Å². The van der Waals surface area contributed by atoms with E-state index in [1.807, 2.05) is 30.0 Å². The number of halogens is 1. The van der Waals surface area contributed by atoms with Crippen molar-refractivity contribution in [1.29, 1.82) is 5.26 Å². The molecule has 1 aromatic rings. The summed E-state index contributed by atoms with van der Waals surface area (Å²) in [5.41, 5.74) is 1.66. The standard InChI is InChI=1S/C13H15BrN2S/c1-17-10-6-5-9(7-10)16-13-4-2-3-12(14)11(13)8-15/h2-4,9-10,16H,5-7H2,1H3. The molecule has 0 spiro atoms. The fraction of sp³-hybridized carbons (Fsp3) is 0.462. The van der Waals surface area contributed by atoms with Gasteiger partial charge in [0, 0.05) is 15.8 Å². The molecule has 0 aliphatic heterocycles. The zero-order valence-electron chi connectivity index (χ0n) is 9.74. The number of nitrogens with zero attached hydrogens (tertiary/aromatic N) is 1. The number of rotatable bonds is 3. The Morgan fingerprint density at radius 1 is 1.47 bits per heavy atom. The number of hydrogen-bond donors (Lipinski definition) is 1. The SMILES string of the molecule is CSC1CCC(Nc2cccc(Br)c2C#N)C1. The van der Waals surface area contributed by atoms with E-state index in [2.05, 4.69) is 33.6 Å². The molecule has 1 aromatic carbocycles. The van der Waals surface area contributed by atoms with Crippen molar-refractivity contribution in [3.05, 3.63) is 28.2 Å². The van der Waals surface area contributed by atoms with Gasteiger partial charge in [0.1, 0.15) is 6.07 Å². The number of nitriles is 1. The quantitative estimate of drug-likeness (QED) is 0.916. The number of hydrogen-bond acceptors (Lipinski definition) is 3. The second kappa shape index (κ2) is 5.79. The van der Waals surface area contributed by atoms with Crippen molar-refractivity contribution >= 4 is 33.4 Å². The predicted octanol–water partition coefficient (Wildman–Crippen LogP) is 4.02. The highest BCUT2D eigenvalue weighted by Gasteiger charge is 2.24. The third kappa shape index (κ3) is 2.97. The Bertz CT molecular complexity index is 442. The number of benzene rings is 1. The van der Waals surface area contributed by atoms with E-state index in [9.17, 15) is 0 Å². The maximum Gasteiger partial charge on any atom is 0.103 e. The normalized spacial score (nSPS) is 23.4. The molecule has 0 radical (unpaired) electrons. The smallest absolute Gasteiger partial charge is 0.103 e. The Morgan fingerprint density at radius 3 is 2.94 bits per heavy atom. The Morgan fingerprint density at radius 2 is 2.29 bits per heavy atom. The molecular formula is C13H15BrN2S. The van der Waals surface area contributed by atoms with Gasteiger partial charge in [0.2, 0.25) is 0 Å². The highest BCUT2D eigenvalue weighted by atomic mass is 79.9. The molecule has 17 heavy (non-hydrogen) atoms. The highest BCUT2D eigenvalue weighted by molar-refractivity contribution is 9.10. The van der Waals surface area contributed by atoms with Crippen molar-refractivity contribution in [2.75, 3.05) is 11.6 Å². The molecule has 0 saturated heterocycles. The zero-order valence-corrected chi connectivity index (χ0v) is 12.1. The summed E-state index contributed by atoms with van der Waals surface area (Å²) in [5, 5.41) is 13.4. The molecule has 1 N–H and O–H groups in total. The summed E-state index contributed by atoms with van der Waals surface area (Å²) in [6.45, 7) is 0. The Kier molecular flexibility index (Phi) is 4.36. The molecular weight excluding hydrogens is 296 g/mol. The summed E-state index contributed by atoms with van der Waals surface area (Å²) in [6, 6.07) is 8.61. The molecule has 0 amide bonds. The summed E-state index contributed by atoms with van der Waals surface area (Å²) in [5.74, 6) is 0. The largest absolute Gasteiger partial charge is 0.381 e. The van der Waals surface area contributed by atoms with Crippen LogP contribution in [-0.4, -0.2) is 17.5 Å². The van der Waals surface area contributed by atoms with Gasteiger partial charge in [0.25, 0.3) is 0 Å². The van der Waals surface area contributed by atoms with Gasteiger partial charge in [-0.1, -0.05) is 6.07 Å². The van der Waals surface area contributed by atoms with E-state index >= 15 is 0 Å². The van der Waals surface area contributed by atoms with E-state index in [4.69, 9.17) is 5.26 Å². The molecule has 4 heteroatoms. The van der Waals surface area contributed by atoms with Crippen molar-refractivity contribution in [1.82, 2.24) is 0 Å². The molecule has 0 bridgehead atoms. The maximum absolute atomic E-state index is 9.15. The first-order valence-electron chi connectivity index (χ1n) is 5.72. The van der Waals surface area contributed by atoms with Gasteiger partial charge in [-0.05, 0) is 53.6 Å². The maximum atomic E-state index is 9.15. The third-order valence-electron chi connectivity index (χ3n) is 3.20. The molecule has 1 saturated carbocycles. The van der Waals surface area contributed by atoms with Gasteiger partial charge in [0.15, 0.2) is 0 Å². The van der Waals surface area contributed by atoms with Crippen LogP contribution in [0.3, 0.4) is 0 Å². The predicted molar refractivity (Wildman–Crippen MR) is 77.4 cm³/mol. The van der Waals surface area contributed by atoms with Crippen LogP contribution in [0.4, 0.5) is 5.69 Å². The first kappa shape index (κ1) is 12.8. The van der Waals surface area contributed by atoms with Crippen LogP contribution in [0, 0.1) is 11.3 Å². The molecule has 90 valence electrons. The summed E-state index contributed by atoms with van der Waals surface area (Å²) < 4.78 is 0.865. The van der Waals surface area contributed by atoms with Crippen LogP contribution >= 0.6 is 27.7 Å². The second-order valence-corrected chi connectivity index (χ2v) is 6.28. The van der Waals surface area contributed by atoms with Crippen LogP contribution in [0.2, 0.25) is 0 Å². The Labute approximate surface area is 115 Å². The lowest BCUT2D eigenvalue weighted by Gasteiger charge is -2.15. The van der Waals surface area contributed by atoms with Gasteiger partial charge in [-0.2, -0.15) is 17.0 Å². The zero-order chi connectivity index (χ0) is 12.3. The minimum absolute atomic E-state index is 0.508. The van der Waals surface area contributed by atoms with Gasteiger partial charge in [-0.25, -0.2) is 0 Å². The average Bonchev–Trinajstić information content (AvgIpc) is 2.77. The molecule has 1 aliphatic carbocycles. The summed E-state index contributed by atoms with van der Waals surface area (Å²) in [4.78, 5) is 0. The van der Waals surface area contributed by atoms with Crippen LogP contribution in [0.15, 0.2) is 22.7 Å². The van der Waals surface area contributed by atoms with E-state index in [1.165, 1.54) is 19.3 Å². The molecule has 2 rings (SSSR count). The fourth-order valence-corrected chi connectivity index (χ4v) is 3.51. The van der Waals surface area contributed by atoms with E-state index < -0.39 is 0 Å². The van der Waals surface area contributed by atoms with Gasteiger partial charge in [-0.3, -0.25) is 0 Å². The first-order chi connectivity index (χ1) is 8.24. The van der Waals surface area contributed by atoms with Crippen molar-refractivity contribution in [3.63, 3.8) is 0 Å². The molecule has 2 unspecified atom stereocenters. The molecule has 1 fully saturated rings. The van der Waals surface area contributed by atoms with Crippen LogP contribution < -0.4 is 5.32 Å². The van der Waals surface area contributed by atoms with E-state index in [0.717, 1.165) is 15.4 Å². The monoisotopic (exact) mass is 310 g/mol. The molecule has 2 nitrogen and oxygen atoms in total. The number of nitrogens with one attached hydrogen (secondary N) is 1. The van der Waals surface area contributed by atoms with Gasteiger partial charge >= 0.3 is 0 Å². The van der Waals surface area contributed by atoms with Crippen molar-refractivity contribution in [2.45, 2.75) is 30.6 Å². The lowest BCUT2D eigenvalue weighted by Crippen LogP contribution is -2.16. The average molecular weight is 311 g/mol. The minimum Gasteiger partial charge on any atom is -0.381 e. The lowest BCUT2D eigenvalue weighted by atomic mass is 10.1. The van der Waals surface area contributed by atoms with Gasteiger partial charge in [0.05, 0.1) is 11.3 Å². The van der Waals surface area contributed by atoms with Crippen LogP contribution in [0.5, 0.6) is 0 Å². The summed E-state index contributed by atoms with van der Waals surface area (Å²) >= 11 is 5.36. The highest BCUT2D eigenvalue weighted by Crippen LogP contribution is 2.32. The van der Waals surface area contributed by atoms with Crippen LogP contribution in [0.1, 0.15) is 24.8 Å². The van der Waals surface area contributed by atoms with E-state index in [-0.39, 0.29) is 0 Å². The Balaban J connectivity index is 2.10. The van der Waals surface area contributed by atoms with Gasteiger partial charge in [-0.15, -0.1) is 0 Å². The number of thioether (sulfide) groups is 1. The lowest BCUT2D eigenvalue weighted by molar-refractivity contribution is 0.756. The third-order valence-corrected chi connectivity index (χ3v) is 4.96. The van der Waals surface area contributed by atoms with E-state index in [0.29, 0.717) is 11.6 Å². The molecule has 1 aliphatic rings.